The van der Waals surface area contributed by atoms with Crippen molar-refractivity contribution in [2.75, 3.05) is 34.4 Å². The van der Waals surface area contributed by atoms with Gasteiger partial charge in [-0.2, -0.15) is 0 Å². The van der Waals surface area contributed by atoms with Gasteiger partial charge < -0.3 is 30.0 Å². The van der Waals surface area contributed by atoms with Crippen LogP contribution in [0.3, 0.4) is 0 Å². The zero-order valence-electron chi connectivity index (χ0n) is 20.8. The van der Waals surface area contributed by atoms with Crippen LogP contribution >= 0.6 is 0 Å². The van der Waals surface area contributed by atoms with E-state index in [9.17, 15) is 5.11 Å². The fourth-order valence-electron chi connectivity index (χ4n) is 4.08. The van der Waals surface area contributed by atoms with Crippen LogP contribution in [0.4, 0.5) is 0 Å². The van der Waals surface area contributed by atoms with Crippen LogP contribution in [0, 0.1) is 13.8 Å². The number of aliphatic hydroxyl groups is 1. The molecule has 0 atom stereocenters. The molecule has 0 unspecified atom stereocenters. The lowest BCUT2D eigenvalue weighted by molar-refractivity contribution is 0.281. The van der Waals surface area contributed by atoms with Crippen molar-refractivity contribution in [1.29, 1.82) is 0 Å². The van der Waals surface area contributed by atoms with E-state index in [0.717, 1.165) is 63.5 Å². The molecule has 0 fully saturated rings. The van der Waals surface area contributed by atoms with E-state index in [4.69, 9.17) is 14.2 Å². The van der Waals surface area contributed by atoms with E-state index in [1.165, 1.54) is 0 Å². The Morgan fingerprint density at radius 1 is 0.824 bits per heavy atom. The Kier molecular flexibility index (Phi) is 9.33. The van der Waals surface area contributed by atoms with Gasteiger partial charge in [0.15, 0.2) is 0 Å². The molecular formula is C28H36N2O4. The first-order chi connectivity index (χ1) is 16.5. The summed E-state index contributed by atoms with van der Waals surface area (Å²) in [6, 6.07) is 16.1. The Labute approximate surface area is 202 Å². The monoisotopic (exact) mass is 464 g/mol. The van der Waals surface area contributed by atoms with E-state index in [0.29, 0.717) is 18.9 Å². The minimum absolute atomic E-state index is 0.0339. The molecule has 0 saturated carbocycles. The summed E-state index contributed by atoms with van der Waals surface area (Å²) < 4.78 is 17.5. The fraction of sp³-hybridized carbons (Fsp3) is 0.357. The van der Waals surface area contributed by atoms with Crippen LogP contribution in [0.5, 0.6) is 17.2 Å². The molecule has 0 saturated heterocycles. The van der Waals surface area contributed by atoms with E-state index in [1.54, 1.807) is 14.2 Å². The van der Waals surface area contributed by atoms with E-state index >= 15 is 0 Å². The second kappa shape index (κ2) is 12.4. The van der Waals surface area contributed by atoms with Gasteiger partial charge in [-0.25, -0.2) is 0 Å². The Hall–Kier alpha value is -3.06. The first-order valence-corrected chi connectivity index (χ1v) is 11.5. The first kappa shape index (κ1) is 25.6. The molecular weight excluding hydrogens is 428 g/mol. The zero-order chi connectivity index (χ0) is 24.5. The molecule has 3 aromatic rings. The molecule has 3 rings (SSSR count). The maximum atomic E-state index is 9.65. The molecule has 0 aliphatic carbocycles. The summed E-state index contributed by atoms with van der Waals surface area (Å²) in [4.78, 5) is 0. The second-order valence-electron chi connectivity index (χ2n) is 8.21. The third-order valence-corrected chi connectivity index (χ3v) is 6.18. The Bertz CT molecular complexity index is 1070. The van der Waals surface area contributed by atoms with Gasteiger partial charge in [-0.3, -0.25) is 0 Å². The van der Waals surface area contributed by atoms with E-state index in [2.05, 4.69) is 42.7 Å². The highest BCUT2D eigenvalue weighted by Crippen LogP contribution is 2.35. The normalized spacial score (nSPS) is 10.9. The molecule has 0 aliphatic rings. The lowest BCUT2D eigenvalue weighted by Crippen LogP contribution is -2.24. The molecule has 3 N–H and O–H groups in total. The Morgan fingerprint density at radius 3 is 1.97 bits per heavy atom. The fourth-order valence-corrected chi connectivity index (χ4v) is 4.08. The lowest BCUT2D eigenvalue weighted by Gasteiger charge is -2.18. The third kappa shape index (κ3) is 5.89. The van der Waals surface area contributed by atoms with Crippen molar-refractivity contribution in [3.05, 3.63) is 76.3 Å². The quantitative estimate of drug-likeness (QED) is 0.346. The van der Waals surface area contributed by atoms with Gasteiger partial charge in [0.25, 0.3) is 0 Å². The van der Waals surface area contributed by atoms with Crippen LogP contribution in [0.25, 0.3) is 11.1 Å². The third-order valence-electron chi connectivity index (χ3n) is 6.18. The largest absolute Gasteiger partial charge is 0.496 e. The topological polar surface area (TPSA) is 72.0 Å². The van der Waals surface area contributed by atoms with Crippen LogP contribution in [0.1, 0.15) is 27.8 Å². The SMILES string of the molecule is CNCCNCc1c(OC)cc(OCc2cccc(-c3cccc(CO)c3C)c2C)cc1OC. The van der Waals surface area contributed by atoms with Crippen molar-refractivity contribution in [1.82, 2.24) is 10.6 Å². The number of ether oxygens (including phenoxy) is 3. The highest BCUT2D eigenvalue weighted by molar-refractivity contribution is 5.72. The number of likely N-dealkylation sites (N-methyl/N-ethyl adjacent to an activating group) is 1. The number of aliphatic hydroxyl groups excluding tert-OH is 1. The van der Waals surface area contributed by atoms with Crippen LogP contribution in [0.2, 0.25) is 0 Å². The summed E-state index contributed by atoms with van der Waals surface area (Å²) in [5, 5.41) is 16.2. The average Bonchev–Trinajstić information content (AvgIpc) is 2.86. The van der Waals surface area contributed by atoms with Crippen molar-refractivity contribution in [2.24, 2.45) is 0 Å². The number of hydrogen-bond donors (Lipinski definition) is 3. The highest BCUT2D eigenvalue weighted by Gasteiger charge is 2.15. The second-order valence-corrected chi connectivity index (χ2v) is 8.21. The summed E-state index contributed by atoms with van der Waals surface area (Å²) in [7, 11) is 5.25. The summed E-state index contributed by atoms with van der Waals surface area (Å²) in [5.74, 6) is 2.15. The van der Waals surface area contributed by atoms with Crippen LogP contribution in [-0.2, 0) is 19.8 Å². The Morgan fingerprint density at radius 2 is 1.41 bits per heavy atom. The van der Waals surface area contributed by atoms with Gasteiger partial charge in [-0.1, -0.05) is 36.4 Å². The molecule has 0 bridgehead atoms. The molecule has 0 aromatic heterocycles. The minimum Gasteiger partial charge on any atom is -0.496 e. The molecule has 3 aromatic carbocycles. The van der Waals surface area contributed by atoms with Gasteiger partial charge in [0.05, 0.1) is 26.4 Å². The summed E-state index contributed by atoms with van der Waals surface area (Å²) >= 11 is 0. The summed E-state index contributed by atoms with van der Waals surface area (Å²) in [6.45, 7) is 6.99. The van der Waals surface area contributed by atoms with Gasteiger partial charge in [0, 0.05) is 31.8 Å². The molecule has 0 heterocycles. The van der Waals surface area contributed by atoms with Gasteiger partial charge in [0.2, 0.25) is 0 Å². The van der Waals surface area contributed by atoms with Crippen LogP contribution in [-0.4, -0.2) is 39.5 Å². The number of methoxy groups -OCH3 is 2. The molecule has 6 nitrogen and oxygen atoms in total. The standard InChI is InChI=1S/C28H36N2O4/c1-19-21(17-31)8-6-10-24(19)25-11-7-9-22(20(25)2)18-34-23-14-27(32-4)26(28(15-23)33-5)16-30-13-12-29-3/h6-11,14-15,29-31H,12-13,16-18H2,1-5H3. The highest BCUT2D eigenvalue weighted by atomic mass is 16.5. The van der Waals surface area contributed by atoms with Crippen molar-refractivity contribution in [2.45, 2.75) is 33.6 Å². The Balaban J connectivity index is 1.82. The maximum absolute atomic E-state index is 9.65. The summed E-state index contributed by atoms with van der Waals surface area (Å²) in [6.07, 6.45) is 0. The molecule has 0 amide bonds. The van der Waals surface area contributed by atoms with Gasteiger partial charge in [-0.05, 0) is 54.3 Å². The summed E-state index contributed by atoms with van der Waals surface area (Å²) in [5.41, 5.74) is 7.53. The van der Waals surface area contributed by atoms with Gasteiger partial charge in [0.1, 0.15) is 23.9 Å². The number of nitrogens with one attached hydrogen (secondary N) is 2. The van der Waals surface area contributed by atoms with Gasteiger partial charge in [-0.15, -0.1) is 0 Å². The smallest absolute Gasteiger partial charge is 0.130 e. The average molecular weight is 465 g/mol. The first-order valence-electron chi connectivity index (χ1n) is 11.5. The van der Waals surface area contributed by atoms with E-state index in [1.807, 2.05) is 37.4 Å². The van der Waals surface area contributed by atoms with Crippen molar-refractivity contribution < 1.29 is 19.3 Å². The van der Waals surface area contributed by atoms with Crippen molar-refractivity contribution >= 4 is 0 Å². The maximum Gasteiger partial charge on any atom is 0.130 e. The van der Waals surface area contributed by atoms with Crippen molar-refractivity contribution in [3.63, 3.8) is 0 Å². The molecule has 0 aliphatic heterocycles. The van der Waals surface area contributed by atoms with Crippen LogP contribution in [0.15, 0.2) is 48.5 Å². The van der Waals surface area contributed by atoms with Crippen molar-refractivity contribution in [3.8, 4) is 28.4 Å². The number of hydrogen-bond acceptors (Lipinski definition) is 6. The molecule has 0 spiro atoms. The van der Waals surface area contributed by atoms with Gasteiger partial charge >= 0.3 is 0 Å². The van der Waals surface area contributed by atoms with E-state index < -0.39 is 0 Å². The molecule has 182 valence electrons. The molecule has 6 heteroatoms. The molecule has 34 heavy (non-hydrogen) atoms. The molecule has 0 radical (unpaired) electrons. The zero-order valence-corrected chi connectivity index (χ0v) is 20.8. The number of benzene rings is 3. The van der Waals surface area contributed by atoms with E-state index in [-0.39, 0.29) is 6.61 Å². The predicted octanol–water partition coefficient (Wildman–Crippen LogP) is 4.37. The lowest BCUT2D eigenvalue weighted by atomic mass is 9.92. The minimum atomic E-state index is 0.0339. The van der Waals surface area contributed by atoms with Crippen LogP contribution < -0.4 is 24.8 Å². The predicted molar refractivity (Wildman–Crippen MR) is 137 cm³/mol. The number of rotatable bonds is 12.